The Bertz CT molecular complexity index is 944. The molecule has 0 bridgehead atoms. The normalized spacial score (nSPS) is 23.1. The quantitative estimate of drug-likeness (QED) is 0.429. The highest BCUT2D eigenvalue weighted by atomic mass is 32.2. The fraction of sp³-hybridized carbons (Fsp3) is 0.263. The molecule has 6 N–H and O–H groups in total. The van der Waals surface area contributed by atoms with Gasteiger partial charge in [-0.15, -0.1) is 0 Å². The van der Waals surface area contributed by atoms with Crippen LogP contribution in [-0.2, 0) is 4.74 Å². The molecule has 1 aliphatic rings. The number of hydrazine groups is 2. The first-order valence-corrected chi connectivity index (χ1v) is 9.91. The van der Waals surface area contributed by atoms with E-state index in [1.54, 1.807) is 6.07 Å². The van der Waals surface area contributed by atoms with Gasteiger partial charge in [0.05, 0.1) is 18.5 Å². The summed E-state index contributed by atoms with van der Waals surface area (Å²) in [6.07, 6.45) is -1.73. The number of benzene rings is 2. The molecule has 3 atom stereocenters. The van der Waals surface area contributed by atoms with E-state index in [2.05, 4.69) is 5.43 Å². The molecule has 2 aromatic carbocycles. The van der Waals surface area contributed by atoms with Crippen LogP contribution in [0.2, 0.25) is 0 Å². The van der Waals surface area contributed by atoms with E-state index in [4.69, 9.17) is 10.5 Å². The lowest BCUT2D eigenvalue weighted by Gasteiger charge is -2.30. The van der Waals surface area contributed by atoms with Gasteiger partial charge in [0.25, 0.3) is 0 Å². The number of ether oxygens (including phenoxy) is 1. The Hall–Kier alpha value is -2.32. The molecule has 1 aliphatic heterocycles. The first kappa shape index (κ1) is 23.3. The zero-order valence-corrected chi connectivity index (χ0v) is 17.1. The second-order valence-corrected chi connectivity index (χ2v) is 7.82. The van der Waals surface area contributed by atoms with Gasteiger partial charge in [-0.1, -0.05) is 34.6 Å². The van der Waals surface area contributed by atoms with E-state index in [1.165, 1.54) is 0 Å². The summed E-state index contributed by atoms with van der Waals surface area (Å²) in [5, 5.41) is 31.7. The molecule has 1 heterocycles. The highest BCUT2D eigenvalue weighted by molar-refractivity contribution is 7.99. The van der Waals surface area contributed by atoms with Gasteiger partial charge in [0, 0.05) is 10.5 Å². The standard InChI is InChI=1S/C19H21F3N4O4S/c1-10-3-2-4-12(5-10)31-19-18(28)24-25(26(29)16(9-27)30-19)8-15(23)11-6-13(20)17(22)14(21)7-11/h2-8,16,18-19,24,27-29H,9,23H2,1H3/b15-8-. The van der Waals surface area contributed by atoms with Crippen molar-refractivity contribution in [2.24, 2.45) is 5.73 Å². The number of nitrogens with two attached hydrogens (primary N) is 1. The molecular weight excluding hydrogens is 437 g/mol. The summed E-state index contributed by atoms with van der Waals surface area (Å²) in [6, 6.07) is 8.75. The van der Waals surface area contributed by atoms with Crippen molar-refractivity contribution in [2.45, 2.75) is 29.7 Å². The largest absolute Gasteiger partial charge is 0.397 e. The van der Waals surface area contributed by atoms with Crippen molar-refractivity contribution in [2.75, 3.05) is 6.61 Å². The highest BCUT2D eigenvalue weighted by Crippen LogP contribution is 2.30. The average Bonchev–Trinajstić information content (AvgIpc) is 2.83. The third kappa shape index (κ3) is 5.49. The van der Waals surface area contributed by atoms with Crippen molar-refractivity contribution in [3.63, 3.8) is 0 Å². The van der Waals surface area contributed by atoms with Crippen LogP contribution in [0.4, 0.5) is 13.2 Å². The Morgan fingerprint density at radius 1 is 1.26 bits per heavy atom. The fourth-order valence-corrected chi connectivity index (χ4v) is 3.79. The molecule has 31 heavy (non-hydrogen) atoms. The van der Waals surface area contributed by atoms with Gasteiger partial charge in [-0.2, -0.15) is 5.43 Å². The molecule has 3 rings (SSSR count). The van der Waals surface area contributed by atoms with E-state index in [0.29, 0.717) is 17.3 Å². The Kier molecular flexibility index (Phi) is 7.43. The summed E-state index contributed by atoms with van der Waals surface area (Å²) in [6.45, 7) is 1.23. The number of thioether (sulfide) groups is 1. The number of nitrogens with one attached hydrogen (secondary N) is 1. The number of hydroxylamine groups is 1. The van der Waals surface area contributed by atoms with Gasteiger partial charge in [0.15, 0.2) is 35.3 Å². The van der Waals surface area contributed by atoms with Gasteiger partial charge in [-0.3, -0.25) is 5.21 Å². The first-order valence-electron chi connectivity index (χ1n) is 9.03. The number of hydrogen-bond acceptors (Lipinski definition) is 9. The van der Waals surface area contributed by atoms with Crippen LogP contribution in [0.15, 0.2) is 47.5 Å². The molecule has 8 nitrogen and oxygen atoms in total. The van der Waals surface area contributed by atoms with Crippen LogP contribution >= 0.6 is 11.8 Å². The first-order chi connectivity index (χ1) is 14.7. The molecule has 3 unspecified atom stereocenters. The highest BCUT2D eigenvalue weighted by Gasteiger charge is 2.35. The van der Waals surface area contributed by atoms with Gasteiger partial charge in [0.2, 0.25) is 0 Å². The van der Waals surface area contributed by atoms with E-state index in [1.807, 2.05) is 25.1 Å². The summed E-state index contributed by atoms with van der Waals surface area (Å²) < 4.78 is 45.8. The summed E-state index contributed by atoms with van der Waals surface area (Å²) in [5.41, 5.74) is 7.87. The van der Waals surface area contributed by atoms with Crippen LogP contribution in [0.25, 0.3) is 5.70 Å². The second kappa shape index (κ2) is 9.87. The summed E-state index contributed by atoms with van der Waals surface area (Å²) in [7, 11) is 0. The predicted molar refractivity (Wildman–Crippen MR) is 106 cm³/mol. The SMILES string of the molecule is Cc1cccc(SC2OC(CO)N(O)N(/C=C(\N)c3cc(F)c(F)c(F)c3)NC2O)c1. The zero-order chi connectivity index (χ0) is 22.7. The smallest absolute Gasteiger partial charge is 0.194 e. The molecular formula is C19H21F3N4O4S. The maximum atomic E-state index is 13.5. The number of nitrogens with zero attached hydrogens (tertiary/aromatic N) is 2. The Morgan fingerprint density at radius 3 is 2.55 bits per heavy atom. The number of rotatable bonds is 5. The number of hydrogen-bond donors (Lipinski definition) is 5. The van der Waals surface area contributed by atoms with E-state index in [-0.39, 0.29) is 11.3 Å². The molecule has 1 fully saturated rings. The minimum Gasteiger partial charge on any atom is -0.397 e. The van der Waals surface area contributed by atoms with Crippen LogP contribution < -0.4 is 11.2 Å². The lowest BCUT2D eigenvalue weighted by Crippen LogP contribution is -2.52. The maximum absolute atomic E-state index is 13.5. The van der Waals surface area contributed by atoms with Gasteiger partial charge < -0.3 is 20.7 Å². The minimum atomic E-state index is -1.64. The van der Waals surface area contributed by atoms with Gasteiger partial charge >= 0.3 is 0 Å². The molecule has 168 valence electrons. The van der Waals surface area contributed by atoms with Crippen molar-refractivity contribution in [3.8, 4) is 0 Å². The molecule has 1 saturated heterocycles. The topological polar surface area (TPSA) is 114 Å². The van der Waals surface area contributed by atoms with Crippen molar-refractivity contribution in [3.05, 3.63) is 71.2 Å². The van der Waals surface area contributed by atoms with E-state index < -0.39 is 42.0 Å². The number of halogens is 3. The second-order valence-electron chi connectivity index (χ2n) is 6.65. The van der Waals surface area contributed by atoms with E-state index in [9.17, 15) is 28.6 Å². The monoisotopic (exact) mass is 458 g/mol. The van der Waals surface area contributed by atoms with Crippen molar-refractivity contribution >= 4 is 17.5 Å². The number of aryl methyl sites for hydroxylation is 1. The summed E-state index contributed by atoms with van der Waals surface area (Å²) >= 11 is 1.14. The van der Waals surface area contributed by atoms with Crippen molar-refractivity contribution in [1.29, 1.82) is 0 Å². The van der Waals surface area contributed by atoms with Gasteiger partial charge in [-0.05, 0) is 31.2 Å². The Labute approximate surface area is 180 Å². The van der Waals surface area contributed by atoms with Crippen LogP contribution in [0.1, 0.15) is 11.1 Å². The molecule has 0 saturated carbocycles. The lowest BCUT2D eigenvalue weighted by molar-refractivity contribution is -0.318. The number of aliphatic hydroxyl groups is 2. The third-order valence-electron chi connectivity index (χ3n) is 4.27. The van der Waals surface area contributed by atoms with Gasteiger partial charge in [-0.25, -0.2) is 18.3 Å². The van der Waals surface area contributed by atoms with Crippen LogP contribution in [0, 0.1) is 24.4 Å². The molecule has 2 aromatic rings. The molecule has 0 aromatic heterocycles. The summed E-state index contributed by atoms with van der Waals surface area (Å²) in [4.78, 5) is 0.771. The zero-order valence-electron chi connectivity index (χ0n) is 16.2. The van der Waals surface area contributed by atoms with E-state index in [0.717, 1.165) is 33.5 Å². The molecule has 0 spiro atoms. The molecule has 0 amide bonds. The Morgan fingerprint density at radius 2 is 1.94 bits per heavy atom. The van der Waals surface area contributed by atoms with Gasteiger partial charge in [0.1, 0.15) is 0 Å². The van der Waals surface area contributed by atoms with Crippen LogP contribution in [0.5, 0.6) is 0 Å². The van der Waals surface area contributed by atoms with Crippen LogP contribution in [-0.4, -0.2) is 50.2 Å². The molecule has 0 aliphatic carbocycles. The van der Waals surface area contributed by atoms with E-state index >= 15 is 0 Å². The van der Waals surface area contributed by atoms with Crippen molar-refractivity contribution in [1.82, 2.24) is 15.7 Å². The molecule has 0 radical (unpaired) electrons. The third-order valence-corrected chi connectivity index (χ3v) is 5.40. The molecule has 12 heteroatoms. The van der Waals surface area contributed by atoms with Crippen LogP contribution in [0.3, 0.4) is 0 Å². The maximum Gasteiger partial charge on any atom is 0.194 e. The summed E-state index contributed by atoms with van der Waals surface area (Å²) in [5.74, 6) is -4.53. The Balaban J connectivity index is 1.85. The lowest BCUT2D eigenvalue weighted by atomic mass is 10.1. The predicted octanol–water partition coefficient (Wildman–Crippen LogP) is 1.87. The fourth-order valence-electron chi connectivity index (χ4n) is 2.73. The number of aliphatic hydroxyl groups excluding tert-OH is 2. The minimum absolute atomic E-state index is 0.211. The van der Waals surface area contributed by atoms with Crippen molar-refractivity contribution < 1.29 is 33.3 Å². The average molecular weight is 458 g/mol.